The zero-order chi connectivity index (χ0) is 17.6. The van der Waals surface area contributed by atoms with Crippen molar-refractivity contribution >= 4 is 28.9 Å². The van der Waals surface area contributed by atoms with E-state index in [1.54, 1.807) is 27.7 Å². The predicted octanol–water partition coefficient (Wildman–Crippen LogP) is 1.85. The first-order valence-electron chi connectivity index (χ1n) is 6.62. The molecule has 1 aromatic rings. The molecule has 0 spiro atoms. The Bertz CT molecular complexity index is 651. The van der Waals surface area contributed by atoms with Gasteiger partial charge in [-0.15, -0.1) is 0 Å². The molecular formula is C14H17N5O4. The summed E-state index contributed by atoms with van der Waals surface area (Å²) >= 11 is 0. The Morgan fingerprint density at radius 1 is 0.913 bits per heavy atom. The van der Waals surface area contributed by atoms with Gasteiger partial charge < -0.3 is 0 Å². The molecule has 0 atom stereocenters. The number of non-ortho nitro benzene ring substituents is 1. The molecule has 0 aliphatic carbocycles. The fourth-order valence-corrected chi connectivity index (χ4v) is 1.43. The summed E-state index contributed by atoms with van der Waals surface area (Å²) < 4.78 is 0. The van der Waals surface area contributed by atoms with Crippen LogP contribution >= 0.6 is 0 Å². The minimum atomic E-state index is -0.684. The highest BCUT2D eigenvalue weighted by molar-refractivity contribution is 6.01. The van der Waals surface area contributed by atoms with Crippen LogP contribution in [-0.4, -0.2) is 28.2 Å². The maximum absolute atomic E-state index is 12.0. The van der Waals surface area contributed by atoms with Gasteiger partial charge in [-0.25, -0.2) is 10.9 Å². The molecule has 0 unspecified atom stereocenters. The van der Waals surface area contributed by atoms with Gasteiger partial charge in [-0.05, 0) is 33.8 Å². The zero-order valence-electron chi connectivity index (χ0n) is 13.2. The second-order valence-electron chi connectivity index (χ2n) is 5.03. The van der Waals surface area contributed by atoms with E-state index in [-0.39, 0.29) is 16.8 Å². The van der Waals surface area contributed by atoms with Crippen LogP contribution < -0.4 is 10.9 Å². The van der Waals surface area contributed by atoms with Gasteiger partial charge in [0.2, 0.25) is 0 Å². The number of hydrazone groups is 2. The van der Waals surface area contributed by atoms with Crippen molar-refractivity contribution < 1.29 is 14.5 Å². The number of rotatable bonds is 5. The number of nitrogens with zero attached hydrogens (tertiary/aromatic N) is 3. The van der Waals surface area contributed by atoms with Gasteiger partial charge in [-0.2, -0.15) is 10.2 Å². The van der Waals surface area contributed by atoms with Gasteiger partial charge in [0.1, 0.15) is 0 Å². The number of carbonyl (C=O) groups excluding carboxylic acids is 2. The fourth-order valence-electron chi connectivity index (χ4n) is 1.43. The Morgan fingerprint density at radius 3 is 1.61 bits per heavy atom. The van der Waals surface area contributed by atoms with E-state index in [0.717, 1.165) is 12.1 Å². The Morgan fingerprint density at radius 2 is 1.30 bits per heavy atom. The lowest BCUT2D eigenvalue weighted by molar-refractivity contribution is -0.384. The summed E-state index contributed by atoms with van der Waals surface area (Å²) in [5.41, 5.74) is 5.23. The first-order chi connectivity index (χ1) is 10.7. The van der Waals surface area contributed by atoms with E-state index >= 15 is 0 Å². The van der Waals surface area contributed by atoms with Gasteiger partial charge in [-0.3, -0.25) is 19.7 Å². The normalized spacial score (nSPS) is 9.57. The van der Waals surface area contributed by atoms with E-state index in [9.17, 15) is 19.7 Å². The number of carbonyl (C=O) groups is 2. The molecule has 0 aliphatic heterocycles. The average Bonchev–Trinajstić information content (AvgIpc) is 2.49. The first-order valence-corrected chi connectivity index (χ1v) is 6.62. The minimum Gasteiger partial charge on any atom is -0.267 e. The van der Waals surface area contributed by atoms with Crippen LogP contribution in [0.2, 0.25) is 0 Å². The van der Waals surface area contributed by atoms with Crippen molar-refractivity contribution in [2.75, 3.05) is 0 Å². The highest BCUT2D eigenvalue weighted by Gasteiger charge is 2.17. The summed E-state index contributed by atoms with van der Waals surface area (Å²) in [6.45, 7) is 6.71. The third kappa shape index (κ3) is 5.65. The highest BCUT2D eigenvalue weighted by atomic mass is 16.6. The van der Waals surface area contributed by atoms with Crippen molar-refractivity contribution in [3.8, 4) is 0 Å². The van der Waals surface area contributed by atoms with Crippen LogP contribution in [0.15, 0.2) is 28.4 Å². The van der Waals surface area contributed by atoms with Crippen LogP contribution in [0.5, 0.6) is 0 Å². The molecule has 2 N–H and O–H groups in total. The summed E-state index contributed by atoms with van der Waals surface area (Å²) in [4.78, 5) is 34.2. The predicted molar refractivity (Wildman–Crippen MR) is 85.6 cm³/mol. The van der Waals surface area contributed by atoms with E-state index in [1.165, 1.54) is 6.07 Å². The molecule has 0 fully saturated rings. The van der Waals surface area contributed by atoms with Crippen molar-refractivity contribution in [3.05, 3.63) is 39.4 Å². The van der Waals surface area contributed by atoms with Crippen molar-refractivity contribution in [2.45, 2.75) is 27.7 Å². The maximum atomic E-state index is 12.0. The molecule has 0 saturated heterocycles. The van der Waals surface area contributed by atoms with Crippen molar-refractivity contribution in [1.29, 1.82) is 0 Å². The van der Waals surface area contributed by atoms with E-state index < -0.39 is 16.7 Å². The van der Waals surface area contributed by atoms with Gasteiger partial charge >= 0.3 is 0 Å². The summed E-state index contributed by atoms with van der Waals surface area (Å²) in [6, 6.07) is 3.38. The number of hydrogen-bond acceptors (Lipinski definition) is 6. The molecule has 0 aliphatic rings. The lowest BCUT2D eigenvalue weighted by Gasteiger charge is -2.05. The molecule has 23 heavy (non-hydrogen) atoms. The fraction of sp³-hybridized carbons (Fsp3) is 0.286. The largest absolute Gasteiger partial charge is 0.271 e. The molecule has 0 aromatic heterocycles. The summed E-state index contributed by atoms with van der Waals surface area (Å²) in [6.07, 6.45) is 0. The quantitative estimate of drug-likeness (QED) is 0.488. The second-order valence-corrected chi connectivity index (χ2v) is 5.03. The number of hydrogen-bond donors (Lipinski definition) is 2. The van der Waals surface area contributed by atoms with Crippen LogP contribution in [0.3, 0.4) is 0 Å². The van der Waals surface area contributed by atoms with E-state index in [4.69, 9.17) is 0 Å². The van der Waals surface area contributed by atoms with E-state index in [2.05, 4.69) is 21.1 Å². The van der Waals surface area contributed by atoms with Crippen LogP contribution in [0.1, 0.15) is 48.4 Å². The molecule has 1 aromatic carbocycles. The molecule has 0 saturated carbocycles. The number of amides is 2. The molecule has 1 rings (SSSR count). The van der Waals surface area contributed by atoms with Crippen molar-refractivity contribution in [3.63, 3.8) is 0 Å². The molecule has 122 valence electrons. The Hall–Kier alpha value is -3.10. The van der Waals surface area contributed by atoms with Gasteiger partial charge in [0.25, 0.3) is 17.5 Å². The highest BCUT2D eigenvalue weighted by Crippen LogP contribution is 2.17. The number of nitro benzene ring substituents is 1. The maximum Gasteiger partial charge on any atom is 0.271 e. The van der Waals surface area contributed by atoms with Crippen LogP contribution in [-0.2, 0) is 0 Å². The van der Waals surface area contributed by atoms with E-state index in [1.807, 2.05) is 0 Å². The van der Waals surface area contributed by atoms with Crippen molar-refractivity contribution in [2.24, 2.45) is 10.2 Å². The standard InChI is InChI=1S/C14H17N5O4/c1-8(2)15-17-13(20)10-5-11(7-12(6-10)19(22)23)14(21)18-16-9(3)4/h5-7H,1-4H3,(H,17,20)(H,18,21). The average molecular weight is 319 g/mol. The molecule has 0 heterocycles. The second kappa shape index (κ2) is 7.78. The lowest BCUT2D eigenvalue weighted by atomic mass is 10.1. The summed E-state index contributed by atoms with van der Waals surface area (Å²) in [5.74, 6) is -1.31. The molecule has 2 amide bonds. The number of nitro groups is 1. The topological polar surface area (TPSA) is 126 Å². The van der Waals surface area contributed by atoms with Crippen molar-refractivity contribution in [1.82, 2.24) is 10.9 Å². The zero-order valence-corrected chi connectivity index (χ0v) is 13.2. The van der Waals surface area contributed by atoms with E-state index in [0.29, 0.717) is 11.4 Å². The van der Waals surface area contributed by atoms with Crippen LogP contribution in [0.25, 0.3) is 0 Å². The minimum absolute atomic E-state index is 0.0495. The van der Waals surface area contributed by atoms with Crippen LogP contribution in [0.4, 0.5) is 5.69 Å². The van der Waals surface area contributed by atoms with Gasteiger partial charge in [0.15, 0.2) is 0 Å². The SMILES string of the molecule is CC(C)=NNC(=O)c1cc(C(=O)NN=C(C)C)cc([N+](=O)[O-])c1. The summed E-state index contributed by atoms with van der Waals surface area (Å²) in [7, 11) is 0. The monoisotopic (exact) mass is 319 g/mol. The molecule has 0 radical (unpaired) electrons. The van der Waals surface area contributed by atoms with Gasteiger partial charge in [0, 0.05) is 34.7 Å². The number of benzene rings is 1. The molecular weight excluding hydrogens is 302 g/mol. The van der Waals surface area contributed by atoms with Gasteiger partial charge in [0.05, 0.1) is 4.92 Å². The van der Waals surface area contributed by atoms with Crippen LogP contribution in [0, 0.1) is 10.1 Å². The third-order valence-corrected chi connectivity index (χ3v) is 2.42. The molecule has 0 bridgehead atoms. The first kappa shape index (κ1) is 18.0. The lowest BCUT2D eigenvalue weighted by Crippen LogP contribution is -2.22. The summed E-state index contributed by atoms with van der Waals surface area (Å²) in [5, 5.41) is 18.4. The van der Waals surface area contributed by atoms with Gasteiger partial charge in [-0.1, -0.05) is 0 Å². The Balaban J connectivity index is 3.19. The number of nitrogens with one attached hydrogen (secondary N) is 2. The Labute approximate surface area is 132 Å². The molecule has 9 heteroatoms. The third-order valence-electron chi connectivity index (χ3n) is 2.42. The Kier molecular flexibility index (Phi) is 6.07. The molecule has 9 nitrogen and oxygen atoms in total. The smallest absolute Gasteiger partial charge is 0.267 e.